The lowest BCUT2D eigenvalue weighted by atomic mass is 9.37. The number of hydrogen-bond acceptors (Lipinski definition) is 4. The molecular formula is C20H12N4. The number of hydrogen-bond donors (Lipinski definition) is 0. The van der Waals surface area contributed by atoms with E-state index in [1.54, 1.807) is 0 Å². The summed E-state index contributed by atoms with van der Waals surface area (Å²) >= 11 is 0. The Bertz CT molecular complexity index is 813. The first-order valence-electron chi connectivity index (χ1n) is 7.45. The highest BCUT2D eigenvalue weighted by molar-refractivity contribution is 5.56. The molecule has 2 aromatic rings. The van der Waals surface area contributed by atoms with Gasteiger partial charge < -0.3 is 0 Å². The summed E-state index contributed by atoms with van der Waals surface area (Å²) in [6.07, 6.45) is 0. The molecule has 0 N–H and O–H groups in total. The van der Waals surface area contributed by atoms with E-state index in [4.69, 9.17) is 0 Å². The summed E-state index contributed by atoms with van der Waals surface area (Å²) in [4.78, 5) is 0. The van der Waals surface area contributed by atoms with E-state index in [-0.39, 0.29) is 0 Å². The molecular weight excluding hydrogens is 296 g/mol. The van der Waals surface area contributed by atoms with Crippen LogP contribution in [0.4, 0.5) is 0 Å². The van der Waals surface area contributed by atoms with Crippen molar-refractivity contribution in [1.29, 1.82) is 21.0 Å². The molecule has 1 aliphatic carbocycles. The molecule has 24 heavy (non-hydrogen) atoms. The van der Waals surface area contributed by atoms with Crippen LogP contribution in [0.3, 0.4) is 0 Å². The van der Waals surface area contributed by atoms with Crippen LogP contribution >= 0.6 is 0 Å². The first-order valence-corrected chi connectivity index (χ1v) is 7.45. The van der Waals surface area contributed by atoms with E-state index >= 15 is 0 Å². The van der Waals surface area contributed by atoms with Gasteiger partial charge in [-0.3, -0.25) is 0 Å². The van der Waals surface area contributed by atoms with Crippen molar-refractivity contribution in [1.82, 2.24) is 0 Å². The van der Waals surface area contributed by atoms with Gasteiger partial charge in [-0.2, -0.15) is 21.0 Å². The molecule has 0 radical (unpaired) electrons. The summed E-state index contributed by atoms with van der Waals surface area (Å²) < 4.78 is 0. The molecule has 2 unspecified atom stereocenters. The fraction of sp³-hybridized carbons (Fsp3) is 0.200. The smallest absolute Gasteiger partial charge is 0.183 e. The molecule has 0 heterocycles. The maximum atomic E-state index is 9.76. The van der Waals surface area contributed by atoms with E-state index in [1.165, 1.54) is 0 Å². The molecule has 0 aliphatic heterocycles. The van der Waals surface area contributed by atoms with Crippen LogP contribution in [0.2, 0.25) is 0 Å². The molecule has 112 valence electrons. The van der Waals surface area contributed by atoms with Gasteiger partial charge in [0, 0.05) is 11.8 Å². The Hall–Kier alpha value is -3.60. The summed E-state index contributed by atoms with van der Waals surface area (Å²) in [6.45, 7) is 0. The van der Waals surface area contributed by atoms with Gasteiger partial charge in [-0.25, -0.2) is 0 Å². The second-order valence-electron chi connectivity index (χ2n) is 5.84. The Labute approximate surface area is 140 Å². The van der Waals surface area contributed by atoms with Crippen molar-refractivity contribution in [2.45, 2.75) is 11.8 Å². The summed E-state index contributed by atoms with van der Waals surface area (Å²) in [7, 11) is 0. The quantitative estimate of drug-likeness (QED) is 0.846. The average molecular weight is 308 g/mol. The van der Waals surface area contributed by atoms with Gasteiger partial charge in [0.2, 0.25) is 0 Å². The van der Waals surface area contributed by atoms with E-state index in [9.17, 15) is 21.0 Å². The second-order valence-corrected chi connectivity index (χ2v) is 5.84. The van der Waals surface area contributed by atoms with Crippen LogP contribution < -0.4 is 0 Å². The molecule has 0 amide bonds. The summed E-state index contributed by atoms with van der Waals surface area (Å²) in [6, 6.07) is 26.4. The standard InChI is InChI=1S/C20H12N4/c21-11-19(12-22)17(15-7-3-1-4-8-15)18(20(19,13-23)14-24)16-9-5-2-6-10-16/h1-10,17-18H. The van der Waals surface area contributed by atoms with Gasteiger partial charge in [-0.15, -0.1) is 0 Å². The van der Waals surface area contributed by atoms with Gasteiger partial charge in [0.25, 0.3) is 0 Å². The lowest BCUT2D eigenvalue weighted by Crippen LogP contribution is -2.60. The topological polar surface area (TPSA) is 95.2 Å². The zero-order valence-electron chi connectivity index (χ0n) is 12.7. The van der Waals surface area contributed by atoms with Gasteiger partial charge in [-0.05, 0) is 11.1 Å². The van der Waals surface area contributed by atoms with Crippen LogP contribution in [-0.4, -0.2) is 0 Å². The highest BCUT2D eigenvalue weighted by Gasteiger charge is 2.76. The minimum Gasteiger partial charge on any atom is -0.196 e. The SMILES string of the molecule is N#CC1(C#N)C(c2ccccc2)C(c2ccccc2)C1(C#N)C#N. The first-order chi connectivity index (χ1) is 11.7. The summed E-state index contributed by atoms with van der Waals surface area (Å²) in [5, 5.41) is 39.0. The van der Waals surface area contributed by atoms with E-state index in [1.807, 2.05) is 84.9 Å². The molecule has 2 atom stereocenters. The number of benzene rings is 2. The number of nitrogens with zero attached hydrogens (tertiary/aromatic N) is 4. The van der Waals surface area contributed by atoms with Crippen molar-refractivity contribution in [3.05, 3.63) is 71.8 Å². The van der Waals surface area contributed by atoms with Crippen LogP contribution in [0.25, 0.3) is 0 Å². The highest BCUT2D eigenvalue weighted by atomic mass is 14.7. The minimum absolute atomic E-state index is 0.532. The fourth-order valence-electron chi connectivity index (χ4n) is 3.78. The van der Waals surface area contributed by atoms with Crippen molar-refractivity contribution in [3.8, 4) is 24.3 Å². The van der Waals surface area contributed by atoms with Crippen molar-refractivity contribution in [2.75, 3.05) is 0 Å². The Morgan fingerprint density at radius 3 is 1.08 bits per heavy atom. The van der Waals surface area contributed by atoms with Crippen LogP contribution in [0.15, 0.2) is 60.7 Å². The number of rotatable bonds is 2. The largest absolute Gasteiger partial charge is 0.196 e. The summed E-state index contributed by atoms with van der Waals surface area (Å²) in [5.74, 6) is -1.06. The monoisotopic (exact) mass is 308 g/mol. The zero-order valence-corrected chi connectivity index (χ0v) is 12.7. The highest BCUT2D eigenvalue weighted by Crippen LogP contribution is 2.71. The van der Waals surface area contributed by atoms with Gasteiger partial charge in [0.1, 0.15) is 0 Å². The first kappa shape index (κ1) is 15.3. The van der Waals surface area contributed by atoms with Crippen molar-refractivity contribution in [3.63, 3.8) is 0 Å². The van der Waals surface area contributed by atoms with Gasteiger partial charge in [-0.1, -0.05) is 60.7 Å². The molecule has 2 aromatic carbocycles. The van der Waals surface area contributed by atoms with E-state index in [0.717, 1.165) is 11.1 Å². The fourth-order valence-corrected chi connectivity index (χ4v) is 3.78. The number of nitriles is 4. The van der Waals surface area contributed by atoms with Crippen molar-refractivity contribution >= 4 is 0 Å². The molecule has 0 spiro atoms. The van der Waals surface area contributed by atoms with Crippen molar-refractivity contribution < 1.29 is 0 Å². The molecule has 0 bridgehead atoms. The van der Waals surface area contributed by atoms with Crippen LogP contribution in [0.1, 0.15) is 23.0 Å². The third-order valence-corrected chi connectivity index (χ3v) is 4.91. The minimum atomic E-state index is -1.70. The van der Waals surface area contributed by atoms with Crippen LogP contribution in [0.5, 0.6) is 0 Å². The van der Waals surface area contributed by atoms with Crippen molar-refractivity contribution in [2.24, 2.45) is 10.8 Å². The normalized spacial score (nSPS) is 22.7. The van der Waals surface area contributed by atoms with E-state index in [0.29, 0.717) is 0 Å². The van der Waals surface area contributed by atoms with E-state index < -0.39 is 22.7 Å². The third kappa shape index (κ3) is 1.69. The van der Waals surface area contributed by atoms with Gasteiger partial charge in [0.05, 0.1) is 24.3 Å². The van der Waals surface area contributed by atoms with Crippen LogP contribution in [0, 0.1) is 56.2 Å². The van der Waals surface area contributed by atoms with Gasteiger partial charge >= 0.3 is 0 Å². The predicted octanol–water partition coefficient (Wildman–Crippen LogP) is 3.63. The van der Waals surface area contributed by atoms with E-state index in [2.05, 4.69) is 0 Å². The molecule has 3 rings (SSSR count). The Kier molecular flexibility index (Phi) is 3.54. The molecule has 0 aromatic heterocycles. The molecule has 4 heteroatoms. The second kappa shape index (κ2) is 5.55. The zero-order chi connectivity index (χ0) is 17.2. The third-order valence-electron chi connectivity index (χ3n) is 4.91. The Morgan fingerprint density at radius 2 is 0.833 bits per heavy atom. The lowest BCUT2D eigenvalue weighted by Gasteiger charge is -2.56. The molecule has 4 nitrogen and oxygen atoms in total. The Morgan fingerprint density at radius 1 is 0.542 bits per heavy atom. The molecule has 1 saturated carbocycles. The molecule has 0 saturated heterocycles. The predicted molar refractivity (Wildman–Crippen MR) is 85.7 cm³/mol. The van der Waals surface area contributed by atoms with Gasteiger partial charge in [0.15, 0.2) is 10.8 Å². The maximum absolute atomic E-state index is 9.76. The molecule has 1 aliphatic rings. The average Bonchev–Trinajstić information content (AvgIpc) is 2.65. The lowest BCUT2D eigenvalue weighted by molar-refractivity contribution is 0.0521. The maximum Gasteiger partial charge on any atom is 0.183 e. The molecule has 1 fully saturated rings. The van der Waals surface area contributed by atoms with Crippen LogP contribution in [-0.2, 0) is 0 Å². The summed E-state index contributed by atoms with van der Waals surface area (Å²) in [5.41, 5.74) is -1.82. The Balaban J connectivity index is 2.29.